The predicted molar refractivity (Wildman–Crippen MR) is 53.4 cm³/mol. The summed E-state index contributed by atoms with van der Waals surface area (Å²) in [7, 11) is 0. The van der Waals surface area contributed by atoms with Crippen LogP contribution in [0, 0.1) is 5.92 Å². The van der Waals surface area contributed by atoms with Gasteiger partial charge in [0.2, 0.25) is 0 Å². The minimum atomic E-state index is -2.69. The van der Waals surface area contributed by atoms with E-state index in [-0.39, 0.29) is 0 Å². The molecular formula is C10H20F2N2. The Labute approximate surface area is 84.4 Å². The lowest BCUT2D eigenvalue weighted by Crippen LogP contribution is -2.48. The molecule has 1 heterocycles. The fourth-order valence-corrected chi connectivity index (χ4v) is 1.99. The number of likely N-dealkylation sites (tertiary alicyclic amines) is 1. The summed E-state index contributed by atoms with van der Waals surface area (Å²) >= 11 is 0. The van der Waals surface area contributed by atoms with Crippen molar-refractivity contribution in [1.82, 2.24) is 4.90 Å². The van der Waals surface area contributed by atoms with Crippen molar-refractivity contribution >= 4 is 0 Å². The van der Waals surface area contributed by atoms with Crippen LogP contribution in [-0.4, -0.2) is 36.5 Å². The van der Waals surface area contributed by atoms with Crippen molar-refractivity contribution in [3.8, 4) is 0 Å². The number of hydrogen-bond acceptors (Lipinski definition) is 2. The predicted octanol–water partition coefficient (Wildman–Crippen LogP) is 1.70. The van der Waals surface area contributed by atoms with Gasteiger partial charge in [0.1, 0.15) is 0 Å². The summed E-state index contributed by atoms with van der Waals surface area (Å²) in [5.74, 6) is -3.24. The van der Waals surface area contributed by atoms with Crippen LogP contribution in [0.1, 0.15) is 26.7 Å². The number of nitrogens with zero attached hydrogens (tertiary/aromatic N) is 1. The number of piperidine rings is 1. The molecule has 2 nitrogen and oxygen atoms in total. The Balaban J connectivity index is 2.56. The summed E-state index contributed by atoms with van der Waals surface area (Å²) in [6.07, 6.45) is 1.46. The second kappa shape index (κ2) is 4.53. The third-order valence-electron chi connectivity index (χ3n) is 3.05. The monoisotopic (exact) mass is 206 g/mol. The highest BCUT2D eigenvalue weighted by Crippen LogP contribution is 2.31. The largest absolute Gasteiger partial charge is 0.325 e. The fraction of sp³-hybridized carbons (Fsp3) is 1.00. The Bertz CT molecular complexity index is 183. The van der Waals surface area contributed by atoms with Crippen molar-refractivity contribution in [1.29, 1.82) is 0 Å². The van der Waals surface area contributed by atoms with Crippen LogP contribution in [0.5, 0.6) is 0 Å². The van der Waals surface area contributed by atoms with Gasteiger partial charge in [-0.15, -0.1) is 0 Å². The first-order valence-corrected chi connectivity index (χ1v) is 5.29. The molecule has 0 saturated carbocycles. The Hall–Kier alpha value is -0.220. The quantitative estimate of drug-likeness (QED) is 0.761. The molecule has 1 fully saturated rings. The number of hydrogen-bond donors (Lipinski definition) is 1. The molecule has 0 bridgehead atoms. The smallest absolute Gasteiger partial charge is 0.264 e. The van der Waals surface area contributed by atoms with Gasteiger partial charge in [0, 0.05) is 18.5 Å². The zero-order chi connectivity index (χ0) is 10.8. The van der Waals surface area contributed by atoms with Gasteiger partial charge in [-0.05, 0) is 33.2 Å². The Morgan fingerprint density at radius 3 is 2.64 bits per heavy atom. The molecule has 1 unspecified atom stereocenters. The van der Waals surface area contributed by atoms with Crippen LogP contribution >= 0.6 is 0 Å². The van der Waals surface area contributed by atoms with Gasteiger partial charge >= 0.3 is 0 Å². The van der Waals surface area contributed by atoms with Gasteiger partial charge in [0.05, 0.1) is 6.54 Å². The maximum absolute atomic E-state index is 13.3. The van der Waals surface area contributed by atoms with Crippen molar-refractivity contribution in [2.75, 3.05) is 19.6 Å². The van der Waals surface area contributed by atoms with E-state index < -0.39 is 18.4 Å². The Kier molecular flexibility index (Phi) is 3.84. The van der Waals surface area contributed by atoms with Gasteiger partial charge in [-0.2, -0.15) is 0 Å². The molecule has 0 aromatic heterocycles. The SMILES string of the molecule is CC(C)N1CCCC(C(F)(F)CN)C1. The van der Waals surface area contributed by atoms with Crippen LogP contribution in [0.15, 0.2) is 0 Å². The average Bonchev–Trinajstić information content (AvgIpc) is 2.18. The van der Waals surface area contributed by atoms with Gasteiger partial charge in [-0.1, -0.05) is 0 Å². The van der Waals surface area contributed by atoms with E-state index in [1.165, 1.54) is 0 Å². The van der Waals surface area contributed by atoms with Gasteiger partial charge in [-0.25, -0.2) is 8.78 Å². The Morgan fingerprint density at radius 1 is 1.50 bits per heavy atom. The maximum Gasteiger partial charge on any atom is 0.264 e. The van der Waals surface area contributed by atoms with E-state index in [9.17, 15) is 8.78 Å². The van der Waals surface area contributed by atoms with Crippen molar-refractivity contribution < 1.29 is 8.78 Å². The molecule has 1 rings (SSSR count). The van der Waals surface area contributed by atoms with Crippen molar-refractivity contribution in [3.63, 3.8) is 0 Å². The van der Waals surface area contributed by atoms with Gasteiger partial charge in [-0.3, -0.25) is 0 Å². The van der Waals surface area contributed by atoms with Crippen molar-refractivity contribution in [3.05, 3.63) is 0 Å². The lowest BCUT2D eigenvalue weighted by atomic mass is 9.91. The molecule has 0 aromatic rings. The van der Waals surface area contributed by atoms with E-state index in [1.54, 1.807) is 0 Å². The van der Waals surface area contributed by atoms with E-state index in [1.807, 2.05) is 13.8 Å². The molecule has 4 heteroatoms. The van der Waals surface area contributed by atoms with E-state index in [4.69, 9.17) is 5.73 Å². The van der Waals surface area contributed by atoms with E-state index in [0.717, 1.165) is 13.0 Å². The summed E-state index contributed by atoms with van der Waals surface area (Å²) in [4.78, 5) is 2.11. The van der Waals surface area contributed by atoms with Crippen LogP contribution in [0.4, 0.5) is 8.78 Å². The summed E-state index contributed by atoms with van der Waals surface area (Å²) < 4.78 is 26.6. The topological polar surface area (TPSA) is 29.3 Å². The highest BCUT2D eigenvalue weighted by molar-refractivity contribution is 4.85. The summed E-state index contributed by atoms with van der Waals surface area (Å²) in [6, 6.07) is 0.353. The first kappa shape index (κ1) is 11.9. The Morgan fingerprint density at radius 2 is 2.14 bits per heavy atom. The fourth-order valence-electron chi connectivity index (χ4n) is 1.99. The highest BCUT2D eigenvalue weighted by Gasteiger charge is 2.40. The molecule has 0 amide bonds. The van der Waals surface area contributed by atoms with Crippen LogP contribution < -0.4 is 5.73 Å². The molecule has 0 spiro atoms. The van der Waals surface area contributed by atoms with Crippen molar-refractivity contribution in [2.45, 2.75) is 38.7 Å². The van der Waals surface area contributed by atoms with Crippen LogP contribution in [0.25, 0.3) is 0 Å². The molecule has 0 aliphatic carbocycles. The second-order valence-electron chi connectivity index (χ2n) is 4.39. The number of halogens is 2. The normalized spacial score (nSPS) is 25.7. The zero-order valence-electron chi connectivity index (χ0n) is 8.97. The molecular weight excluding hydrogens is 186 g/mol. The number of rotatable bonds is 3. The minimum Gasteiger partial charge on any atom is -0.325 e. The lowest BCUT2D eigenvalue weighted by Gasteiger charge is -2.38. The molecule has 0 aromatic carbocycles. The van der Waals surface area contributed by atoms with Gasteiger partial charge < -0.3 is 10.6 Å². The molecule has 1 aliphatic heterocycles. The molecule has 1 atom stereocenters. The van der Waals surface area contributed by atoms with Crippen LogP contribution in [0.3, 0.4) is 0 Å². The van der Waals surface area contributed by atoms with E-state index in [0.29, 0.717) is 19.0 Å². The summed E-state index contributed by atoms with van der Waals surface area (Å²) in [6.45, 7) is 4.99. The zero-order valence-corrected chi connectivity index (χ0v) is 8.97. The molecule has 2 N–H and O–H groups in total. The molecule has 14 heavy (non-hydrogen) atoms. The first-order chi connectivity index (χ1) is 6.47. The third-order valence-corrected chi connectivity index (χ3v) is 3.05. The van der Waals surface area contributed by atoms with Gasteiger partial charge in [0.25, 0.3) is 5.92 Å². The number of nitrogens with two attached hydrogens (primary N) is 1. The second-order valence-corrected chi connectivity index (χ2v) is 4.39. The summed E-state index contributed by atoms with van der Waals surface area (Å²) in [5, 5.41) is 0. The maximum atomic E-state index is 13.3. The molecule has 1 aliphatic rings. The van der Waals surface area contributed by atoms with E-state index in [2.05, 4.69) is 4.90 Å². The van der Waals surface area contributed by atoms with Crippen LogP contribution in [-0.2, 0) is 0 Å². The van der Waals surface area contributed by atoms with Crippen LogP contribution in [0.2, 0.25) is 0 Å². The highest BCUT2D eigenvalue weighted by atomic mass is 19.3. The summed E-state index contributed by atoms with van der Waals surface area (Å²) in [5.41, 5.74) is 5.09. The first-order valence-electron chi connectivity index (χ1n) is 5.29. The van der Waals surface area contributed by atoms with E-state index >= 15 is 0 Å². The van der Waals surface area contributed by atoms with Gasteiger partial charge in [0.15, 0.2) is 0 Å². The molecule has 0 radical (unpaired) electrons. The minimum absolute atomic E-state index is 0.353. The third kappa shape index (κ3) is 2.64. The average molecular weight is 206 g/mol. The lowest BCUT2D eigenvalue weighted by molar-refractivity contribution is -0.0774. The molecule has 1 saturated heterocycles. The molecule has 84 valence electrons. The standard InChI is InChI=1S/C10H20F2N2/c1-8(2)14-5-3-4-9(6-14)10(11,12)7-13/h8-9H,3-7,13H2,1-2H3. The number of alkyl halides is 2. The van der Waals surface area contributed by atoms with Crippen molar-refractivity contribution in [2.24, 2.45) is 11.7 Å².